The highest BCUT2D eigenvalue weighted by Gasteiger charge is 2.37. The predicted molar refractivity (Wildman–Crippen MR) is 140 cm³/mol. The van der Waals surface area contributed by atoms with Crippen molar-refractivity contribution in [3.63, 3.8) is 0 Å². The van der Waals surface area contributed by atoms with Crippen molar-refractivity contribution in [3.05, 3.63) is 102 Å². The van der Waals surface area contributed by atoms with Crippen LogP contribution in [-0.2, 0) is 9.59 Å². The van der Waals surface area contributed by atoms with Gasteiger partial charge in [0, 0.05) is 18.2 Å². The molecule has 0 radical (unpaired) electrons. The van der Waals surface area contributed by atoms with Crippen LogP contribution in [0.2, 0.25) is 0 Å². The number of rotatable bonds is 9. The molecule has 16 heteroatoms. The van der Waals surface area contributed by atoms with Crippen LogP contribution in [-0.4, -0.2) is 39.2 Å². The van der Waals surface area contributed by atoms with Crippen LogP contribution in [0.1, 0.15) is 12.5 Å². The number of hydrogen-bond acceptors (Lipinski definition) is 11. The minimum atomic E-state index is -1.10. The Kier molecular flexibility index (Phi) is 7.66. The van der Waals surface area contributed by atoms with Crippen molar-refractivity contribution in [1.82, 2.24) is 5.32 Å². The van der Waals surface area contributed by atoms with Gasteiger partial charge in [0.25, 0.3) is 23.2 Å². The second kappa shape index (κ2) is 11.3. The average molecular weight is 563 g/mol. The second-order valence-electron chi connectivity index (χ2n) is 8.14. The van der Waals surface area contributed by atoms with Crippen LogP contribution >= 0.6 is 0 Å². The van der Waals surface area contributed by atoms with Gasteiger partial charge in [0.05, 0.1) is 33.1 Å². The minimum Gasteiger partial charge on any atom is -0.490 e. The van der Waals surface area contributed by atoms with E-state index in [1.165, 1.54) is 36.4 Å². The standard InChI is InChI=1S/C25H17N5O11/c1-2-40-22-11-14(6-8-21(22)41-20-9-7-17(29(36)37)13-19(20)30(38)39)10-18-23(31)26-25(33)27(24(18)32)15-4-3-5-16(12-15)28(34)35/h3-13H,2H2,1H3,(H,26,31,33)/b18-10+. The number of ether oxygens (including phenoxy) is 2. The van der Waals surface area contributed by atoms with Crippen LogP contribution in [0.3, 0.4) is 0 Å². The van der Waals surface area contributed by atoms with Crippen LogP contribution in [0.4, 0.5) is 27.5 Å². The number of anilines is 1. The molecule has 1 fully saturated rings. The minimum absolute atomic E-state index is 0.0150. The van der Waals surface area contributed by atoms with E-state index in [-0.39, 0.29) is 40.8 Å². The van der Waals surface area contributed by atoms with Gasteiger partial charge in [-0.25, -0.2) is 9.69 Å². The zero-order valence-corrected chi connectivity index (χ0v) is 20.8. The molecule has 1 N–H and O–H groups in total. The number of hydrogen-bond donors (Lipinski definition) is 1. The monoisotopic (exact) mass is 563 g/mol. The van der Waals surface area contributed by atoms with Gasteiger partial charge in [0.15, 0.2) is 11.5 Å². The molecule has 208 valence electrons. The van der Waals surface area contributed by atoms with Crippen LogP contribution < -0.4 is 19.7 Å². The van der Waals surface area contributed by atoms with Gasteiger partial charge < -0.3 is 9.47 Å². The lowest BCUT2D eigenvalue weighted by atomic mass is 10.1. The third kappa shape index (κ3) is 5.80. The number of benzene rings is 3. The quantitative estimate of drug-likeness (QED) is 0.168. The summed E-state index contributed by atoms with van der Waals surface area (Å²) in [5.74, 6) is -2.33. The molecule has 3 aromatic carbocycles. The number of nitro groups is 3. The maximum absolute atomic E-state index is 13.2. The Balaban J connectivity index is 1.70. The van der Waals surface area contributed by atoms with Gasteiger partial charge in [0.2, 0.25) is 5.75 Å². The van der Waals surface area contributed by atoms with E-state index in [1.54, 1.807) is 6.92 Å². The molecule has 4 rings (SSSR count). The Bertz CT molecular complexity index is 1670. The van der Waals surface area contributed by atoms with E-state index in [4.69, 9.17) is 9.47 Å². The van der Waals surface area contributed by atoms with Crippen LogP contribution in [0.5, 0.6) is 17.2 Å². The smallest absolute Gasteiger partial charge is 0.335 e. The molecule has 0 atom stereocenters. The highest BCUT2D eigenvalue weighted by Crippen LogP contribution is 2.39. The van der Waals surface area contributed by atoms with Crippen molar-refractivity contribution >= 4 is 46.7 Å². The molecular weight excluding hydrogens is 546 g/mol. The number of carbonyl (C=O) groups excluding carboxylic acids is 3. The van der Waals surface area contributed by atoms with E-state index in [0.29, 0.717) is 4.90 Å². The molecule has 41 heavy (non-hydrogen) atoms. The van der Waals surface area contributed by atoms with Gasteiger partial charge in [-0.05, 0) is 42.8 Å². The Hall–Kier alpha value is -6.19. The first-order valence-electron chi connectivity index (χ1n) is 11.5. The third-order valence-corrected chi connectivity index (χ3v) is 5.55. The molecule has 3 aromatic rings. The number of barbiturate groups is 1. The third-order valence-electron chi connectivity index (χ3n) is 5.55. The van der Waals surface area contributed by atoms with Crippen LogP contribution in [0, 0.1) is 30.3 Å². The summed E-state index contributed by atoms with van der Waals surface area (Å²) < 4.78 is 11.2. The number of nitrogens with one attached hydrogen (secondary N) is 1. The molecule has 4 amide bonds. The van der Waals surface area contributed by atoms with Gasteiger partial charge in [-0.1, -0.05) is 12.1 Å². The summed E-state index contributed by atoms with van der Waals surface area (Å²) in [5, 5.41) is 35.6. The lowest BCUT2D eigenvalue weighted by molar-refractivity contribution is -0.394. The number of amides is 4. The van der Waals surface area contributed by atoms with Crippen molar-refractivity contribution in [1.29, 1.82) is 0 Å². The molecule has 0 aliphatic carbocycles. The summed E-state index contributed by atoms with van der Waals surface area (Å²) in [6.45, 7) is 1.76. The van der Waals surface area contributed by atoms with Gasteiger partial charge in [-0.3, -0.25) is 45.2 Å². The Morgan fingerprint density at radius 2 is 1.51 bits per heavy atom. The average Bonchev–Trinajstić information content (AvgIpc) is 2.92. The summed E-state index contributed by atoms with van der Waals surface area (Å²) >= 11 is 0. The number of urea groups is 1. The number of nitro benzene ring substituents is 3. The summed E-state index contributed by atoms with van der Waals surface area (Å²) in [4.78, 5) is 70.0. The summed E-state index contributed by atoms with van der Waals surface area (Å²) in [6.07, 6.45) is 1.15. The fraction of sp³-hybridized carbons (Fsp3) is 0.0800. The Labute approximate surface area is 228 Å². The molecule has 0 saturated carbocycles. The number of non-ortho nitro benzene ring substituents is 2. The number of carbonyl (C=O) groups is 3. The van der Waals surface area contributed by atoms with E-state index in [0.717, 1.165) is 30.3 Å². The summed E-state index contributed by atoms with van der Waals surface area (Å²) in [7, 11) is 0. The van der Waals surface area contributed by atoms with E-state index >= 15 is 0 Å². The molecule has 0 spiro atoms. The van der Waals surface area contributed by atoms with Crippen LogP contribution in [0.25, 0.3) is 6.08 Å². The normalized spacial score (nSPS) is 14.0. The van der Waals surface area contributed by atoms with Crippen LogP contribution in [0.15, 0.2) is 66.2 Å². The SMILES string of the molecule is CCOc1cc(/C=C2\C(=O)NC(=O)N(c3cccc([N+](=O)[O-])c3)C2=O)ccc1Oc1ccc([N+](=O)[O-])cc1[N+](=O)[O-]. The lowest BCUT2D eigenvalue weighted by Crippen LogP contribution is -2.54. The number of imide groups is 2. The zero-order valence-electron chi connectivity index (χ0n) is 20.8. The first kappa shape index (κ1) is 27.8. The molecular formula is C25H17N5O11. The van der Waals surface area contributed by atoms with Crippen molar-refractivity contribution in [2.75, 3.05) is 11.5 Å². The fourth-order valence-electron chi connectivity index (χ4n) is 3.74. The predicted octanol–water partition coefficient (Wildman–Crippen LogP) is 4.27. The Morgan fingerprint density at radius 3 is 2.17 bits per heavy atom. The fourth-order valence-corrected chi connectivity index (χ4v) is 3.74. The van der Waals surface area contributed by atoms with E-state index < -0.39 is 49.6 Å². The zero-order chi connectivity index (χ0) is 29.8. The Morgan fingerprint density at radius 1 is 0.829 bits per heavy atom. The lowest BCUT2D eigenvalue weighted by Gasteiger charge is -2.26. The van der Waals surface area contributed by atoms with Crippen molar-refractivity contribution in [2.45, 2.75) is 6.92 Å². The van der Waals surface area contributed by atoms with Gasteiger partial charge in [0.1, 0.15) is 5.57 Å². The van der Waals surface area contributed by atoms with Crippen molar-refractivity contribution in [2.24, 2.45) is 0 Å². The van der Waals surface area contributed by atoms with Gasteiger partial charge >= 0.3 is 11.7 Å². The number of nitrogens with zero attached hydrogens (tertiary/aromatic N) is 4. The molecule has 0 unspecified atom stereocenters. The van der Waals surface area contributed by atoms with Gasteiger partial charge in [-0.2, -0.15) is 0 Å². The first-order chi connectivity index (χ1) is 19.5. The molecule has 1 aliphatic heterocycles. The second-order valence-corrected chi connectivity index (χ2v) is 8.14. The van der Waals surface area contributed by atoms with Gasteiger partial charge in [-0.15, -0.1) is 0 Å². The van der Waals surface area contributed by atoms with E-state index in [1.807, 2.05) is 5.32 Å². The highest BCUT2D eigenvalue weighted by atomic mass is 16.6. The summed E-state index contributed by atoms with van der Waals surface area (Å²) in [6, 6.07) is 10.5. The topological polar surface area (TPSA) is 214 Å². The van der Waals surface area contributed by atoms with Crippen molar-refractivity contribution in [3.8, 4) is 17.2 Å². The maximum atomic E-state index is 13.2. The van der Waals surface area contributed by atoms with E-state index in [2.05, 4.69) is 0 Å². The molecule has 16 nitrogen and oxygen atoms in total. The molecule has 0 aromatic heterocycles. The highest BCUT2D eigenvalue weighted by molar-refractivity contribution is 6.39. The largest absolute Gasteiger partial charge is 0.490 e. The van der Waals surface area contributed by atoms with Crippen molar-refractivity contribution < 1.29 is 38.6 Å². The maximum Gasteiger partial charge on any atom is 0.335 e. The van der Waals surface area contributed by atoms with E-state index in [9.17, 15) is 44.7 Å². The first-order valence-corrected chi connectivity index (χ1v) is 11.5. The molecule has 1 aliphatic rings. The summed E-state index contributed by atoms with van der Waals surface area (Å²) in [5.41, 5.74) is -1.93. The molecule has 0 bridgehead atoms. The molecule has 1 saturated heterocycles. The molecule has 1 heterocycles.